The predicted octanol–water partition coefficient (Wildman–Crippen LogP) is 2.43. The summed E-state index contributed by atoms with van der Waals surface area (Å²) in [6.07, 6.45) is 1.55. The van der Waals surface area contributed by atoms with Crippen LogP contribution in [0, 0.1) is 11.6 Å². The molecule has 0 bridgehead atoms. The summed E-state index contributed by atoms with van der Waals surface area (Å²) >= 11 is 1.04. The molecule has 1 aromatic rings. The molecule has 0 spiro atoms. The summed E-state index contributed by atoms with van der Waals surface area (Å²) in [6, 6.07) is 3.29. The van der Waals surface area contributed by atoms with Gasteiger partial charge in [0.15, 0.2) is 0 Å². The van der Waals surface area contributed by atoms with Gasteiger partial charge < -0.3 is 10.0 Å². The Morgan fingerprint density at radius 1 is 1.45 bits per heavy atom. The van der Waals surface area contributed by atoms with Crippen LogP contribution in [0.3, 0.4) is 0 Å². The number of rotatable bonds is 5. The lowest BCUT2D eigenvalue weighted by Gasteiger charge is -2.46. The summed E-state index contributed by atoms with van der Waals surface area (Å²) in [4.78, 5) is 13.7. The topological polar surface area (TPSA) is 40.5 Å². The Hall–Kier alpha value is -1.14. The number of benzene rings is 1. The molecular formula is C14H17F2NO2S. The van der Waals surface area contributed by atoms with E-state index in [-0.39, 0.29) is 16.6 Å². The molecule has 1 amide bonds. The molecule has 0 aliphatic carbocycles. The van der Waals surface area contributed by atoms with Crippen molar-refractivity contribution in [2.24, 2.45) is 0 Å². The van der Waals surface area contributed by atoms with Gasteiger partial charge in [0.05, 0.1) is 24.4 Å². The average Bonchev–Trinajstić information content (AvgIpc) is 2.34. The van der Waals surface area contributed by atoms with Crippen LogP contribution >= 0.6 is 11.8 Å². The van der Waals surface area contributed by atoms with Crippen molar-refractivity contribution in [3.63, 3.8) is 0 Å². The zero-order chi connectivity index (χ0) is 14.8. The van der Waals surface area contributed by atoms with Gasteiger partial charge in [0.25, 0.3) is 0 Å². The van der Waals surface area contributed by atoms with Crippen molar-refractivity contribution in [2.45, 2.75) is 30.3 Å². The van der Waals surface area contributed by atoms with Crippen LogP contribution in [-0.2, 0) is 4.79 Å². The SMILES string of the molecule is CCCC1(O)CN(C(=O)CSc2ccc(F)cc2F)C1. The molecule has 1 saturated heterocycles. The first kappa shape index (κ1) is 15.3. The molecule has 20 heavy (non-hydrogen) atoms. The zero-order valence-corrected chi connectivity index (χ0v) is 12.1. The number of hydrogen-bond acceptors (Lipinski definition) is 3. The molecule has 1 heterocycles. The van der Waals surface area contributed by atoms with Crippen molar-refractivity contribution in [3.05, 3.63) is 29.8 Å². The number of halogens is 2. The Morgan fingerprint density at radius 3 is 2.75 bits per heavy atom. The quantitative estimate of drug-likeness (QED) is 0.849. The van der Waals surface area contributed by atoms with Gasteiger partial charge in [-0.2, -0.15) is 0 Å². The second-order valence-corrected chi connectivity index (χ2v) is 6.10. The van der Waals surface area contributed by atoms with E-state index in [4.69, 9.17) is 0 Å². The maximum atomic E-state index is 13.4. The molecular weight excluding hydrogens is 284 g/mol. The van der Waals surface area contributed by atoms with Gasteiger partial charge in [0, 0.05) is 11.0 Å². The minimum atomic E-state index is -0.754. The number of amides is 1. The second kappa shape index (κ2) is 6.10. The molecule has 1 aliphatic rings. The van der Waals surface area contributed by atoms with Crippen LogP contribution < -0.4 is 0 Å². The van der Waals surface area contributed by atoms with Gasteiger partial charge in [0.1, 0.15) is 11.6 Å². The molecule has 1 aromatic carbocycles. The Labute approximate surface area is 121 Å². The Morgan fingerprint density at radius 2 is 2.15 bits per heavy atom. The predicted molar refractivity (Wildman–Crippen MR) is 73.5 cm³/mol. The number of thioether (sulfide) groups is 1. The second-order valence-electron chi connectivity index (χ2n) is 5.09. The minimum Gasteiger partial charge on any atom is -0.386 e. The average molecular weight is 301 g/mol. The van der Waals surface area contributed by atoms with Crippen LogP contribution in [0.15, 0.2) is 23.1 Å². The number of β-amino-alcohol motifs (C(OH)–C–C–N with tert-alkyl or cyclic N) is 1. The minimum absolute atomic E-state index is 0.0881. The lowest BCUT2D eigenvalue weighted by molar-refractivity contribution is -0.153. The smallest absolute Gasteiger partial charge is 0.233 e. The van der Waals surface area contributed by atoms with E-state index in [2.05, 4.69) is 0 Å². The number of carbonyl (C=O) groups excluding carboxylic acids is 1. The van der Waals surface area contributed by atoms with Crippen molar-refractivity contribution in [1.82, 2.24) is 4.90 Å². The summed E-state index contributed by atoms with van der Waals surface area (Å²) in [7, 11) is 0. The summed E-state index contributed by atoms with van der Waals surface area (Å²) in [6.45, 7) is 2.66. The Balaban J connectivity index is 1.82. The van der Waals surface area contributed by atoms with E-state index in [1.54, 1.807) is 4.90 Å². The fraction of sp³-hybridized carbons (Fsp3) is 0.500. The molecule has 3 nitrogen and oxygen atoms in total. The van der Waals surface area contributed by atoms with E-state index in [0.717, 1.165) is 24.2 Å². The fourth-order valence-electron chi connectivity index (χ4n) is 2.29. The summed E-state index contributed by atoms with van der Waals surface area (Å²) in [5.41, 5.74) is -0.754. The van der Waals surface area contributed by atoms with Crippen LogP contribution in [0.5, 0.6) is 0 Å². The molecule has 1 fully saturated rings. The normalized spacial score (nSPS) is 16.9. The van der Waals surface area contributed by atoms with Crippen molar-refractivity contribution >= 4 is 17.7 Å². The number of hydrogen-bond donors (Lipinski definition) is 1. The lowest BCUT2D eigenvalue weighted by atomic mass is 9.89. The molecule has 0 unspecified atom stereocenters. The van der Waals surface area contributed by atoms with Crippen molar-refractivity contribution in [3.8, 4) is 0 Å². The summed E-state index contributed by atoms with van der Waals surface area (Å²) in [5, 5.41) is 9.99. The molecule has 1 aliphatic heterocycles. The van der Waals surface area contributed by atoms with Gasteiger partial charge in [-0.15, -0.1) is 11.8 Å². The van der Waals surface area contributed by atoms with Gasteiger partial charge in [0.2, 0.25) is 5.91 Å². The lowest BCUT2D eigenvalue weighted by Crippen LogP contribution is -2.63. The highest BCUT2D eigenvalue weighted by molar-refractivity contribution is 8.00. The molecule has 110 valence electrons. The third kappa shape index (κ3) is 3.49. The Kier molecular flexibility index (Phi) is 4.65. The van der Waals surface area contributed by atoms with Crippen molar-refractivity contribution in [2.75, 3.05) is 18.8 Å². The van der Waals surface area contributed by atoms with E-state index < -0.39 is 17.2 Å². The molecule has 0 radical (unpaired) electrons. The largest absolute Gasteiger partial charge is 0.386 e. The zero-order valence-electron chi connectivity index (χ0n) is 11.2. The van der Waals surface area contributed by atoms with Gasteiger partial charge in [-0.3, -0.25) is 4.79 Å². The van der Waals surface area contributed by atoms with E-state index in [1.165, 1.54) is 12.1 Å². The first-order valence-corrected chi connectivity index (χ1v) is 7.50. The fourth-order valence-corrected chi connectivity index (χ4v) is 3.11. The van der Waals surface area contributed by atoms with Crippen LogP contribution in [0.4, 0.5) is 8.78 Å². The van der Waals surface area contributed by atoms with Crippen molar-refractivity contribution in [1.29, 1.82) is 0 Å². The van der Waals surface area contributed by atoms with Crippen LogP contribution in [-0.4, -0.2) is 40.4 Å². The number of likely N-dealkylation sites (tertiary alicyclic amines) is 1. The van der Waals surface area contributed by atoms with Crippen molar-refractivity contribution < 1.29 is 18.7 Å². The number of aliphatic hydroxyl groups is 1. The monoisotopic (exact) mass is 301 g/mol. The highest BCUT2D eigenvalue weighted by atomic mass is 32.2. The van der Waals surface area contributed by atoms with Gasteiger partial charge >= 0.3 is 0 Å². The highest BCUT2D eigenvalue weighted by Crippen LogP contribution is 2.28. The maximum absolute atomic E-state index is 13.4. The van der Waals surface area contributed by atoms with E-state index in [1.807, 2.05) is 6.92 Å². The molecule has 1 N–H and O–H groups in total. The highest BCUT2D eigenvalue weighted by Gasteiger charge is 2.42. The molecule has 2 rings (SSSR count). The summed E-state index contributed by atoms with van der Waals surface area (Å²) in [5.74, 6) is -1.34. The summed E-state index contributed by atoms with van der Waals surface area (Å²) < 4.78 is 26.1. The first-order chi connectivity index (χ1) is 9.43. The first-order valence-electron chi connectivity index (χ1n) is 6.51. The molecule has 0 aromatic heterocycles. The molecule has 0 atom stereocenters. The molecule has 6 heteroatoms. The van der Waals surface area contributed by atoms with Gasteiger partial charge in [-0.1, -0.05) is 13.3 Å². The van der Waals surface area contributed by atoms with Crippen LogP contribution in [0.25, 0.3) is 0 Å². The number of carbonyl (C=O) groups is 1. The van der Waals surface area contributed by atoms with E-state index in [9.17, 15) is 18.7 Å². The third-order valence-electron chi connectivity index (χ3n) is 3.28. The van der Waals surface area contributed by atoms with E-state index >= 15 is 0 Å². The standard InChI is InChI=1S/C14H17F2NO2S/c1-2-5-14(19)8-17(9-14)13(18)7-20-12-4-3-10(15)6-11(12)16/h3-4,6,19H,2,5,7-9H2,1H3. The maximum Gasteiger partial charge on any atom is 0.233 e. The molecule has 0 saturated carbocycles. The van der Waals surface area contributed by atoms with Gasteiger partial charge in [-0.25, -0.2) is 8.78 Å². The van der Waals surface area contributed by atoms with E-state index in [0.29, 0.717) is 19.5 Å². The Bertz CT molecular complexity index is 504. The van der Waals surface area contributed by atoms with Crippen LogP contribution in [0.2, 0.25) is 0 Å². The van der Waals surface area contributed by atoms with Gasteiger partial charge in [-0.05, 0) is 18.6 Å². The third-order valence-corrected chi connectivity index (χ3v) is 4.32. The number of nitrogens with zero attached hydrogens (tertiary/aromatic N) is 1. The van der Waals surface area contributed by atoms with Crippen LogP contribution in [0.1, 0.15) is 19.8 Å².